The Morgan fingerprint density at radius 2 is 1.67 bits per heavy atom. The van der Waals surface area contributed by atoms with Crippen LogP contribution in [0.1, 0.15) is 5.56 Å². The molecule has 2 aromatic rings. The summed E-state index contributed by atoms with van der Waals surface area (Å²) < 4.78 is 10.8. The minimum atomic E-state index is 0.761. The first-order valence-corrected chi connectivity index (χ1v) is 4.93. The second-order valence-electron chi connectivity index (χ2n) is 3.50. The molecule has 0 atom stereocenters. The Labute approximate surface area is 90.0 Å². The standard InChI is InChI=1S/C13H11BO/c1-10-12(8-5-9-13(10)14-15)11-6-3-2-4-7-11/h2-9H,1H3. The van der Waals surface area contributed by atoms with Crippen LogP contribution in [0.2, 0.25) is 0 Å². The summed E-state index contributed by atoms with van der Waals surface area (Å²) in [5, 5.41) is 0. The summed E-state index contributed by atoms with van der Waals surface area (Å²) in [5.41, 5.74) is 4.08. The van der Waals surface area contributed by atoms with Crippen LogP contribution in [0.5, 0.6) is 0 Å². The second kappa shape index (κ2) is 4.22. The average molecular weight is 194 g/mol. The van der Waals surface area contributed by atoms with E-state index in [1.54, 1.807) is 0 Å². The third kappa shape index (κ3) is 1.89. The molecule has 0 heterocycles. The fourth-order valence-electron chi connectivity index (χ4n) is 1.71. The third-order valence-electron chi connectivity index (χ3n) is 2.59. The van der Waals surface area contributed by atoms with Crippen molar-refractivity contribution in [3.05, 3.63) is 54.1 Å². The molecule has 0 fully saturated rings. The van der Waals surface area contributed by atoms with Gasteiger partial charge in [-0.1, -0.05) is 0 Å². The van der Waals surface area contributed by atoms with Gasteiger partial charge in [-0.3, -0.25) is 0 Å². The fraction of sp³-hybridized carbons (Fsp3) is 0.0769. The van der Waals surface area contributed by atoms with Gasteiger partial charge >= 0.3 is 89.5 Å². The summed E-state index contributed by atoms with van der Waals surface area (Å²) in [5.74, 6) is 0. The van der Waals surface area contributed by atoms with E-state index in [0.29, 0.717) is 0 Å². The van der Waals surface area contributed by atoms with E-state index < -0.39 is 0 Å². The molecule has 1 nitrogen and oxygen atoms in total. The number of benzene rings is 2. The predicted molar refractivity (Wildman–Crippen MR) is 62.7 cm³/mol. The van der Waals surface area contributed by atoms with Crippen LogP contribution in [0.25, 0.3) is 11.1 Å². The van der Waals surface area contributed by atoms with E-state index >= 15 is 0 Å². The van der Waals surface area contributed by atoms with Gasteiger partial charge in [-0.15, -0.1) is 0 Å². The van der Waals surface area contributed by atoms with Gasteiger partial charge in [0.05, 0.1) is 0 Å². The normalized spacial score (nSPS) is 9.67. The van der Waals surface area contributed by atoms with Gasteiger partial charge in [0.25, 0.3) is 0 Å². The molecule has 0 bridgehead atoms. The summed E-state index contributed by atoms with van der Waals surface area (Å²) in [4.78, 5) is 0. The Morgan fingerprint density at radius 1 is 0.933 bits per heavy atom. The van der Waals surface area contributed by atoms with Crippen molar-refractivity contribution in [2.75, 3.05) is 0 Å². The Hall–Kier alpha value is -1.70. The SMILES string of the molecule is Cc1c(B=O)cccc1-c1ccccc1. The molecule has 0 aromatic heterocycles. The van der Waals surface area contributed by atoms with Crippen LogP contribution in [0.3, 0.4) is 0 Å². The van der Waals surface area contributed by atoms with Crippen LogP contribution in [0, 0.1) is 6.92 Å². The molecule has 72 valence electrons. The van der Waals surface area contributed by atoms with Gasteiger partial charge in [0.1, 0.15) is 0 Å². The summed E-state index contributed by atoms with van der Waals surface area (Å²) in [6, 6.07) is 15.9. The molecular weight excluding hydrogens is 183 g/mol. The Bertz CT molecular complexity index is 477. The molecule has 2 rings (SSSR count). The minimum absolute atomic E-state index is 0.761. The van der Waals surface area contributed by atoms with E-state index in [2.05, 4.69) is 12.1 Å². The molecule has 15 heavy (non-hydrogen) atoms. The maximum atomic E-state index is 10.8. The van der Waals surface area contributed by atoms with E-state index in [1.165, 1.54) is 0 Å². The number of rotatable bonds is 2. The molecule has 0 aliphatic carbocycles. The van der Waals surface area contributed by atoms with Gasteiger partial charge in [-0.25, -0.2) is 0 Å². The zero-order valence-electron chi connectivity index (χ0n) is 8.60. The van der Waals surface area contributed by atoms with E-state index in [1.807, 2.05) is 43.3 Å². The van der Waals surface area contributed by atoms with Gasteiger partial charge in [-0.05, 0) is 0 Å². The first-order chi connectivity index (χ1) is 7.33. The first kappa shape index (κ1) is 9.84. The van der Waals surface area contributed by atoms with E-state index in [9.17, 15) is 4.70 Å². The number of hydrogen-bond acceptors (Lipinski definition) is 1. The van der Waals surface area contributed by atoms with E-state index in [0.717, 1.165) is 29.3 Å². The molecule has 2 aromatic carbocycles. The van der Waals surface area contributed by atoms with Crippen LogP contribution in [-0.2, 0) is 4.70 Å². The van der Waals surface area contributed by atoms with Gasteiger partial charge in [0.15, 0.2) is 0 Å². The third-order valence-corrected chi connectivity index (χ3v) is 2.59. The van der Waals surface area contributed by atoms with Crippen molar-refractivity contribution in [1.29, 1.82) is 0 Å². The Balaban J connectivity index is 2.59. The summed E-state index contributed by atoms with van der Waals surface area (Å²) >= 11 is 0. The van der Waals surface area contributed by atoms with Crippen LogP contribution >= 0.6 is 0 Å². The van der Waals surface area contributed by atoms with Crippen molar-refractivity contribution in [2.24, 2.45) is 0 Å². The maximum absolute atomic E-state index is 10.8. The molecule has 0 radical (unpaired) electrons. The van der Waals surface area contributed by atoms with Crippen LogP contribution in [-0.4, -0.2) is 7.15 Å². The second-order valence-corrected chi connectivity index (χ2v) is 3.50. The summed E-state index contributed by atoms with van der Waals surface area (Å²) in [6.45, 7) is 1.98. The fourth-order valence-corrected chi connectivity index (χ4v) is 1.71. The van der Waals surface area contributed by atoms with E-state index in [4.69, 9.17) is 0 Å². The van der Waals surface area contributed by atoms with Crippen molar-refractivity contribution in [3.63, 3.8) is 0 Å². The van der Waals surface area contributed by atoms with Gasteiger partial charge in [0, 0.05) is 0 Å². The van der Waals surface area contributed by atoms with Gasteiger partial charge in [-0.2, -0.15) is 0 Å². The Morgan fingerprint density at radius 3 is 2.33 bits per heavy atom. The molecule has 2 heteroatoms. The van der Waals surface area contributed by atoms with Crippen molar-refractivity contribution in [3.8, 4) is 11.1 Å². The Kier molecular flexibility index (Phi) is 2.77. The van der Waals surface area contributed by atoms with Crippen molar-refractivity contribution >= 4 is 12.6 Å². The van der Waals surface area contributed by atoms with Crippen LogP contribution < -0.4 is 5.46 Å². The molecule has 0 saturated carbocycles. The molecule has 0 saturated heterocycles. The molecule has 0 amide bonds. The van der Waals surface area contributed by atoms with Crippen molar-refractivity contribution in [1.82, 2.24) is 0 Å². The monoisotopic (exact) mass is 194 g/mol. The quantitative estimate of drug-likeness (QED) is 0.670. The topological polar surface area (TPSA) is 17.1 Å². The first-order valence-electron chi connectivity index (χ1n) is 4.93. The van der Waals surface area contributed by atoms with Gasteiger partial charge in [0.2, 0.25) is 0 Å². The van der Waals surface area contributed by atoms with Crippen LogP contribution in [0.4, 0.5) is 0 Å². The predicted octanol–water partition coefficient (Wildman–Crippen LogP) is 2.34. The number of hydrogen-bond donors (Lipinski definition) is 0. The molecule has 0 N–H and O–H groups in total. The molecule has 0 spiro atoms. The average Bonchev–Trinajstić information content (AvgIpc) is 2.30. The molecule has 0 unspecified atom stereocenters. The van der Waals surface area contributed by atoms with E-state index in [-0.39, 0.29) is 0 Å². The summed E-state index contributed by atoms with van der Waals surface area (Å²) in [6.07, 6.45) is 0. The van der Waals surface area contributed by atoms with Gasteiger partial charge < -0.3 is 0 Å². The molecule has 0 aliphatic heterocycles. The van der Waals surface area contributed by atoms with Crippen molar-refractivity contribution in [2.45, 2.75) is 6.92 Å². The zero-order valence-corrected chi connectivity index (χ0v) is 8.60. The molecular formula is C13H11BO. The molecule has 0 aliphatic rings. The van der Waals surface area contributed by atoms with Crippen molar-refractivity contribution < 1.29 is 4.70 Å². The van der Waals surface area contributed by atoms with Crippen LogP contribution in [0.15, 0.2) is 48.5 Å². The zero-order chi connectivity index (χ0) is 10.7. The summed E-state index contributed by atoms with van der Waals surface area (Å²) in [7, 11) is 0.905.